The van der Waals surface area contributed by atoms with Crippen molar-refractivity contribution < 1.29 is 8.91 Å². The van der Waals surface area contributed by atoms with Gasteiger partial charge in [-0.25, -0.2) is 4.39 Å². The molecule has 4 nitrogen and oxygen atoms in total. The molecule has 0 spiro atoms. The van der Waals surface area contributed by atoms with Crippen LogP contribution < -0.4 is 5.32 Å². The second kappa shape index (κ2) is 6.13. The predicted octanol–water partition coefficient (Wildman–Crippen LogP) is 3.29. The lowest BCUT2D eigenvalue weighted by molar-refractivity contribution is 0.326. The number of hydrogen-bond acceptors (Lipinski definition) is 4. The van der Waals surface area contributed by atoms with Crippen molar-refractivity contribution in [3.05, 3.63) is 35.5 Å². The summed E-state index contributed by atoms with van der Waals surface area (Å²) in [5.74, 6) is 0.825. The molecule has 0 radical (unpaired) electrons. The van der Waals surface area contributed by atoms with Crippen molar-refractivity contribution in [1.29, 1.82) is 0 Å². The zero-order chi connectivity index (χ0) is 14.7. The van der Waals surface area contributed by atoms with Crippen molar-refractivity contribution >= 4 is 0 Å². The average Bonchev–Trinajstić information content (AvgIpc) is 2.88. The van der Waals surface area contributed by atoms with Crippen LogP contribution in [0.1, 0.15) is 37.6 Å². The van der Waals surface area contributed by atoms with Gasteiger partial charge in [0.1, 0.15) is 5.82 Å². The van der Waals surface area contributed by atoms with Crippen molar-refractivity contribution in [2.24, 2.45) is 0 Å². The minimum Gasteiger partial charge on any atom is -0.339 e. The first-order chi connectivity index (χ1) is 9.55. The molecule has 1 aromatic heterocycles. The largest absolute Gasteiger partial charge is 0.339 e. The summed E-state index contributed by atoms with van der Waals surface area (Å²) in [6.07, 6.45) is 0.967. The van der Waals surface area contributed by atoms with Gasteiger partial charge in [0, 0.05) is 11.6 Å². The number of aryl methyl sites for hydroxylation is 1. The Balaban J connectivity index is 2.28. The molecule has 2 aromatic rings. The molecule has 2 rings (SSSR count). The van der Waals surface area contributed by atoms with Gasteiger partial charge in [0.25, 0.3) is 0 Å². The maximum absolute atomic E-state index is 13.4. The lowest BCUT2D eigenvalue weighted by Crippen LogP contribution is -2.30. The van der Waals surface area contributed by atoms with Gasteiger partial charge in [-0.2, -0.15) is 4.98 Å². The van der Waals surface area contributed by atoms with E-state index < -0.39 is 0 Å². The van der Waals surface area contributed by atoms with Gasteiger partial charge in [-0.15, -0.1) is 0 Å². The highest BCUT2D eigenvalue weighted by Gasteiger charge is 2.22. The highest BCUT2D eigenvalue weighted by molar-refractivity contribution is 5.55. The van der Waals surface area contributed by atoms with Crippen LogP contribution in [0.4, 0.5) is 4.39 Å². The SMILES string of the molecule is CCC(NC)C(C)c1nc(-c2cc(C)cc(F)c2)no1. The van der Waals surface area contributed by atoms with Gasteiger partial charge in [-0.3, -0.25) is 0 Å². The van der Waals surface area contributed by atoms with Crippen LogP contribution >= 0.6 is 0 Å². The summed E-state index contributed by atoms with van der Waals surface area (Å²) < 4.78 is 18.7. The van der Waals surface area contributed by atoms with E-state index in [9.17, 15) is 4.39 Å². The number of nitrogens with one attached hydrogen (secondary N) is 1. The van der Waals surface area contributed by atoms with Gasteiger partial charge in [0.05, 0.1) is 5.92 Å². The maximum atomic E-state index is 13.4. The number of hydrogen-bond donors (Lipinski definition) is 1. The lowest BCUT2D eigenvalue weighted by Gasteiger charge is -2.18. The zero-order valence-corrected chi connectivity index (χ0v) is 12.3. The van der Waals surface area contributed by atoms with Gasteiger partial charge in [0.2, 0.25) is 11.7 Å². The van der Waals surface area contributed by atoms with Crippen LogP contribution in [0.2, 0.25) is 0 Å². The standard InChI is InChI=1S/C15H20FN3O/c1-5-13(17-4)10(3)15-18-14(19-20-15)11-6-9(2)7-12(16)8-11/h6-8,10,13,17H,5H2,1-4H3. The van der Waals surface area contributed by atoms with Gasteiger partial charge in [0.15, 0.2) is 0 Å². The number of likely N-dealkylation sites (N-methyl/N-ethyl adjacent to an activating group) is 1. The van der Waals surface area contributed by atoms with E-state index in [4.69, 9.17) is 4.52 Å². The molecule has 2 unspecified atom stereocenters. The third-order valence-corrected chi connectivity index (χ3v) is 3.55. The average molecular weight is 277 g/mol. The van der Waals surface area contributed by atoms with E-state index in [1.54, 1.807) is 0 Å². The summed E-state index contributed by atoms with van der Waals surface area (Å²) in [5.41, 5.74) is 1.48. The smallest absolute Gasteiger partial charge is 0.231 e. The molecule has 0 aliphatic heterocycles. The van der Waals surface area contributed by atoms with Gasteiger partial charge >= 0.3 is 0 Å². The summed E-state index contributed by atoms with van der Waals surface area (Å²) in [6, 6.07) is 5.01. The fraction of sp³-hybridized carbons (Fsp3) is 0.467. The molecule has 2 atom stereocenters. The summed E-state index contributed by atoms with van der Waals surface area (Å²) in [6.45, 7) is 5.98. The summed E-state index contributed by atoms with van der Waals surface area (Å²) in [7, 11) is 1.91. The minimum atomic E-state index is -0.291. The van der Waals surface area contributed by atoms with E-state index in [0.29, 0.717) is 17.3 Å². The lowest BCUT2D eigenvalue weighted by atomic mass is 10.00. The third-order valence-electron chi connectivity index (χ3n) is 3.55. The quantitative estimate of drug-likeness (QED) is 0.911. The number of nitrogens with zero attached hydrogens (tertiary/aromatic N) is 2. The van der Waals surface area contributed by atoms with Crippen LogP contribution in [0.15, 0.2) is 22.7 Å². The van der Waals surface area contributed by atoms with Crippen LogP contribution in [0, 0.1) is 12.7 Å². The molecule has 5 heteroatoms. The maximum Gasteiger partial charge on any atom is 0.231 e. The van der Waals surface area contributed by atoms with Gasteiger partial charge in [-0.1, -0.05) is 19.0 Å². The van der Waals surface area contributed by atoms with E-state index in [0.717, 1.165) is 12.0 Å². The Labute approximate surface area is 118 Å². The van der Waals surface area contributed by atoms with E-state index >= 15 is 0 Å². The molecule has 0 saturated carbocycles. The minimum absolute atomic E-state index is 0.112. The topological polar surface area (TPSA) is 51.0 Å². The van der Waals surface area contributed by atoms with E-state index in [2.05, 4.69) is 22.4 Å². The molecule has 0 bridgehead atoms. The van der Waals surface area contributed by atoms with Crippen molar-refractivity contribution in [2.45, 2.75) is 39.2 Å². The first-order valence-electron chi connectivity index (χ1n) is 6.83. The van der Waals surface area contributed by atoms with Gasteiger partial charge < -0.3 is 9.84 Å². The molecule has 0 aliphatic carbocycles. The summed E-state index contributed by atoms with van der Waals surface area (Å²) in [5, 5.41) is 7.19. The van der Waals surface area contributed by atoms with Gasteiger partial charge in [-0.05, 0) is 44.2 Å². The third kappa shape index (κ3) is 3.04. The molecular formula is C15H20FN3O. The Morgan fingerprint density at radius 2 is 2.10 bits per heavy atom. The Kier molecular flexibility index (Phi) is 4.49. The second-order valence-electron chi connectivity index (χ2n) is 5.07. The van der Waals surface area contributed by atoms with Crippen LogP contribution in [-0.4, -0.2) is 23.2 Å². The van der Waals surface area contributed by atoms with E-state index in [1.807, 2.05) is 27.0 Å². The molecule has 1 N–H and O–H groups in total. The number of halogens is 1. The molecule has 0 fully saturated rings. The van der Waals surface area contributed by atoms with Crippen LogP contribution in [-0.2, 0) is 0 Å². The van der Waals surface area contributed by atoms with E-state index in [1.165, 1.54) is 12.1 Å². The fourth-order valence-corrected chi connectivity index (χ4v) is 2.38. The number of aromatic nitrogens is 2. The Morgan fingerprint density at radius 1 is 1.35 bits per heavy atom. The zero-order valence-electron chi connectivity index (χ0n) is 12.3. The number of rotatable bonds is 5. The highest BCUT2D eigenvalue weighted by atomic mass is 19.1. The molecule has 108 valence electrons. The molecular weight excluding hydrogens is 257 g/mol. The van der Waals surface area contributed by atoms with Crippen molar-refractivity contribution in [3.63, 3.8) is 0 Å². The Hall–Kier alpha value is -1.75. The Bertz CT molecular complexity index is 558. The molecule has 0 saturated heterocycles. The first kappa shape index (κ1) is 14.7. The molecule has 0 amide bonds. The van der Waals surface area contributed by atoms with Crippen LogP contribution in [0.3, 0.4) is 0 Å². The molecule has 1 aromatic carbocycles. The van der Waals surface area contributed by atoms with Crippen molar-refractivity contribution in [2.75, 3.05) is 7.05 Å². The van der Waals surface area contributed by atoms with E-state index in [-0.39, 0.29) is 17.8 Å². The van der Waals surface area contributed by atoms with Crippen molar-refractivity contribution in [1.82, 2.24) is 15.5 Å². The Morgan fingerprint density at radius 3 is 2.70 bits per heavy atom. The number of benzene rings is 1. The fourth-order valence-electron chi connectivity index (χ4n) is 2.38. The van der Waals surface area contributed by atoms with Crippen LogP contribution in [0.5, 0.6) is 0 Å². The summed E-state index contributed by atoms with van der Waals surface area (Å²) >= 11 is 0. The predicted molar refractivity (Wildman–Crippen MR) is 76.0 cm³/mol. The monoisotopic (exact) mass is 277 g/mol. The normalized spacial score (nSPS) is 14.2. The molecule has 0 aliphatic rings. The van der Waals surface area contributed by atoms with Crippen molar-refractivity contribution in [3.8, 4) is 11.4 Å². The first-order valence-corrected chi connectivity index (χ1v) is 6.83. The molecule has 1 heterocycles. The summed E-state index contributed by atoms with van der Waals surface area (Å²) in [4.78, 5) is 4.39. The second-order valence-corrected chi connectivity index (χ2v) is 5.07. The van der Waals surface area contributed by atoms with Crippen LogP contribution in [0.25, 0.3) is 11.4 Å². The molecule has 20 heavy (non-hydrogen) atoms. The highest BCUT2D eigenvalue weighted by Crippen LogP contribution is 2.24.